The number of hydrogen-bond acceptors (Lipinski definition) is 2. The van der Waals surface area contributed by atoms with Crippen molar-refractivity contribution in [2.24, 2.45) is 5.92 Å². The highest BCUT2D eigenvalue weighted by Gasteiger charge is 2.23. The molecule has 0 radical (unpaired) electrons. The molecule has 0 spiro atoms. The van der Waals surface area contributed by atoms with Gasteiger partial charge in [-0.3, -0.25) is 4.90 Å². The number of likely N-dealkylation sites (tertiary alicyclic amines) is 1. The molecule has 0 aromatic heterocycles. The molecule has 0 aliphatic carbocycles. The molecule has 0 bridgehead atoms. The monoisotopic (exact) mass is 155 g/mol. The average Bonchev–Trinajstić information content (AvgIpc) is 2.34. The molecule has 2 nitrogen and oxygen atoms in total. The van der Waals surface area contributed by atoms with Crippen LogP contribution in [0.2, 0.25) is 0 Å². The third-order valence-corrected chi connectivity index (χ3v) is 2.17. The normalized spacial score (nSPS) is 26.3. The van der Waals surface area contributed by atoms with E-state index in [4.69, 9.17) is 0 Å². The topological polar surface area (TPSA) is 20.3 Å². The van der Waals surface area contributed by atoms with Crippen LogP contribution in [0.5, 0.6) is 0 Å². The van der Waals surface area contributed by atoms with Crippen molar-refractivity contribution in [2.45, 2.75) is 32.7 Å². The second-order valence-corrected chi connectivity index (χ2v) is 3.73. The molecule has 1 aliphatic heterocycles. The van der Waals surface area contributed by atoms with E-state index in [0.29, 0.717) is 5.92 Å². The van der Waals surface area contributed by atoms with Gasteiger partial charge in [0.15, 0.2) is 0 Å². The molecule has 0 aromatic rings. The Hall–Kier alpha value is -0.370. The van der Waals surface area contributed by atoms with Crippen LogP contribution in [-0.4, -0.2) is 30.3 Å². The van der Waals surface area contributed by atoms with E-state index in [1.807, 2.05) is 0 Å². The van der Waals surface area contributed by atoms with Crippen molar-refractivity contribution >= 4 is 6.29 Å². The zero-order valence-electron chi connectivity index (χ0n) is 7.42. The van der Waals surface area contributed by atoms with Crippen molar-refractivity contribution in [1.82, 2.24) is 4.90 Å². The molecule has 1 rings (SSSR count). The number of hydrogen-bond donors (Lipinski definition) is 0. The van der Waals surface area contributed by atoms with Crippen molar-refractivity contribution in [1.29, 1.82) is 0 Å². The summed E-state index contributed by atoms with van der Waals surface area (Å²) < 4.78 is 0. The fourth-order valence-corrected chi connectivity index (χ4v) is 1.70. The van der Waals surface area contributed by atoms with Crippen molar-refractivity contribution in [3.63, 3.8) is 0 Å². The Balaban J connectivity index is 2.37. The fraction of sp³-hybridized carbons (Fsp3) is 0.889. The molecule has 1 fully saturated rings. The standard InChI is InChI=1S/C9H17NO/c1-8(2)6-10-5-3-4-9(10)7-11/h7-9H,3-6H2,1-2H3/t9-/m1/s1. The summed E-state index contributed by atoms with van der Waals surface area (Å²) in [7, 11) is 0. The fourth-order valence-electron chi connectivity index (χ4n) is 1.70. The highest BCUT2D eigenvalue weighted by molar-refractivity contribution is 5.58. The molecule has 0 amide bonds. The van der Waals surface area contributed by atoms with Gasteiger partial charge in [0.25, 0.3) is 0 Å². The van der Waals surface area contributed by atoms with E-state index >= 15 is 0 Å². The first kappa shape index (κ1) is 8.72. The SMILES string of the molecule is CC(C)CN1CCC[C@@H]1C=O. The van der Waals surface area contributed by atoms with Crippen LogP contribution in [-0.2, 0) is 4.79 Å². The maximum Gasteiger partial charge on any atom is 0.137 e. The van der Waals surface area contributed by atoms with Gasteiger partial charge in [0.05, 0.1) is 6.04 Å². The molecule has 11 heavy (non-hydrogen) atoms. The highest BCUT2D eigenvalue weighted by atomic mass is 16.1. The minimum Gasteiger partial charge on any atom is -0.302 e. The Morgan fingerprint density at radius 2 is 2.36 bits per heavy atom. The second kappa shape index (κ2) is 3.86. The van der Waals surface area contributed by atoms with Crippen molar-refractivity contribution in [3.05, 3.63) is 0 Å². The van der Waals surface area contributed by atoms with E-state index in [-0.39, 0.29) is 6.04 Å². The maximum absolute atomic E-state index is 10.6. The van der Waals surface area contributed by atoms with Gasteiger partial charge in [-0.15, -0.1) is 0 Å². The lowest BCUT2D eigenvalue weighted by Crippen LogP contribution is -2.33. The van der Waals surface area contributed by atoms with Crippen LogP contribution in [0.1, 0.15) is 26.7 Å². The van der Waals surface area contributed by atoms with Crippen LogP contribution in [0.15, 0.2) is 0 Å². The van der Waals surface area contributed by atoms with E-state index in [2.05, 4.69) is 18.7 Å². The zero-order valence-corrected chi connectivity index (χ0v) is 7.42. The van der Waals surface area contributed by atoms with Gasteiger partial charge in [0.1, 0.15) is 6.29 Å². The number of carbonyl (C=O) groups excluding carboxylic acids is 1. The van der Waals surface area contributed by atoms with E-state index in [0.717, 1.165) is 25.8 Å². The molecular formula is C9H17NO. The molecule has 1 aliphatic rings. The summed E-state index contributed by atoms with van der Waals surface area (Å²) in [6.45, 7) is 6.57. The Kier molecular flexibility index (Phi) is 3.06. The van der Waals surface area contributed by atoms with Crippen LogP contribution in [0.4, 0.5) is 0 Å². The van der Waals surface area contributed by atoms with Gasteiger partial charge in [0, 0.05) is 6.54 Å². The summed E-state index contributed by atoms with van der Waals surface area (Å²) >= 11 is 0. The van der Waals surface area contributed by atoms with E-state index in [1.54, 1.807) is 0 Å². The predicted octanol–water partition coefficient (Wildman–Crippen LogP) is 1.31. The molecule has 1 heterocycles. The number of nitrogens with zero attached hydrogens (tertiary/aromatic N) is 1. The predicted molar refractivity (Wildman–Crippen MR) is 45.5 cm³/mol. The van der Waals surface area contributed by atoms with Crippen molar-refractivity contribution in [3.8, 4) is 0 Å². The summed E-state index contributed by atoms with van der Waals surface area (Å²) in [6.07, 6.45) is 3.35. The number of carbonyl (C=O) groups is 1. The van der Waals surface area contributed by atoms with Crippen LogP contribution in [0, 0.1) is 5.92 Å². The van der Waals surface area contributed by atoms with Gasteiger partial charge >= 0.3 is 0 Å². The summed E-state index contributed by atoms with van der Waals surface area (Å²) in [6, 6.07) is 0.220. The molecule has 2 heteroatoms. The largest absolute Gasteiger partial charge is 0.302 e. The van der Waals surface area contributed by atoms with Crippen LogP contribution in [0.3, 0.4) is 0 Å². The summed E-state index contributed by atoms with van der Waals surface area (Å²) in [5.41, 5.74) is 0. The third-order valence-electron chi connectivity index (χ3n) is 2.17. The lowest BCUT2D eigenvalue weighted by Gasteiger charge is -2.21. The van der Waals surface area contributed by atoms with Crippen LogP contribution < -0.4 is 0 Å². The number of rotatable bonds is 3. The molecule has 0 aromatic carbocycles. The summed E-state index contributed by atoms with van der Waals surface area (Å²) in [4.78, 5) is 12.8. The maximum atomic E-state index is 10.6. The van der Waals surface area contributed by atoms with E-state index in [1.165, 1.54) is 6.42 Å². The molecule has 0 saturated carbocycles. The third kappa shape index (κ3) is 2.29. The van der Waals surface area contributed by atoms with Crippen molar-refractivity contribution in [2.75, 3.05) is 13.1 Å². The van der Waals surface area contributed by atoms with Gasteiger partial charge in [-0.05, 0) is 25.3 Å². The van der Waals surface area contributed by atoms with Gasteiger partial charge in [-0.25, -0.2) is 0 Å². The van der Waals surface area contributed by atoms with Gasteiger partial charge in [-0.1, -0.05) is 13.8 Å². The van der Waals surface area contributed by atoms with Gasteiger partial charge in [0.2, 0.25) is 0 Å². The minimum absolute atomic E-state index is 0.220. The molecule has 64 valence electrons. The van der Waals surface area contributed by atoms with Crippen LogP contribution in [0.25, 0.3) is 0 Å². The molecule has 0 N–H and O–H groups in total. The Labute approximate surface area is 68.6 Å². The summed E-state index contributed by atoms with van der Waals surface area (Å²) in [5.74, 6) is 0.676. The molecular weight excluding hydrogens is 138 g/mol. The zero-order chi connectivity index (χ0) is 8.27. The van der Waals surface area contributed by atoms with Crippen LogP contribution >= 0.6 is 0 Å². The second-order valence-electron chi connectivity index (χ2n) is 3.73. The van der Waals surface area contributed by atoms with E-state index < -0.39 is 0 Å². The average molecular weight is 155 g/mol. The molecule has 1 saturated heterocycles. The summed E-state index contributed by atoms with van der Waals surface area (Å²) in [5, 5.41) is 0. The number of aldehydes is 1. The first-order chi connectivity index (χ1) is 5.24. The van der Waals surface area contributed by atoms with Gasteiger partial charge in [-0.2, -0.15) is 0 Å². The Morgan fingerprint density at radius 1 is 1.64 bits per heavy atom. The Bertz CT molecular complexity index is 134. The smallest absolute Gasteiger partial charge is 0.137 e. The first-order valence-electron chi connectivity index (χ1n) is 4.43. The van der Waals surface area contributed by atoms with Gasteiger partial charge < -0.3 is 4.79 Å². The van der Waals surface area contributed by atoms with Crippen molar-refractivity contribution < 1.29 is 4.79 Å². The first-order valence-corrected chi connectivity index (χ1v) is 4.43. The minimum atomic E-state index is 0.220. The lowest BCUT2D eigenvalue weighted by atomic mass is 10.2. The quantitative estimate of drug-likeness (QED) is 0.573. The highest BCUT2D eigenvalue weighted by Crippen LogP contribution is 2.16. The Morgan fingerprint density at radius 3 is 2.91 bits per heavy atom. The lowest BCUT2D eigenvalue weighted by molar-refractivity contribution is -0.111. The molecule has 0 unspecified atom stereocenters. The molecule has 1 atom stereocenters. The van der Waals surface area contributed by atoms with E-state index in [9.17, 15) is 4.79 Å².